The first-order valence-corrected chi connectivity index (χ1v) is 7.06. The van der Waals surface area contributed by atoms with E-state index in [1.165, 1.54) is 0 Å². The van der Waals surface area contributed by atoms with Crippen molar-refractivity contribution in [1.82, 2.24) is 5.32 Å². The molecular weight excluding hydrogens is 256 g/mol. The smallest absolute Gasteiger partial charge is 0.100 e. The van der Waals surface area contributed by atoms with Crippen LogP contribution in [0.25, 0.3) is 0 Å². The Morgan fingerprint density at radius 1 is 1.32 bits per heavy atom. The molecule has 1 aromatic heterocycles. The minimum atomic E-state index is -0.391. The summed E-state index contributed by atoms with van der Waals surface area (Å²) >= 11 is 1.56. The highest BCUT2D eigenvalue weighted by atomic mass is 32.1. The molecule has 0 saturated heterocycles. The molecule has 1 atom stereocenters. The zero-order valence-electron chi connectivity index (χ0n) is 10.5. The second-order valence-electron chi connectivity index (χ2n) is 4.39. The lowest BCUT2D eigenvalue weighted by molar-refractivity contribution is 0.171. The van der Waals surface area contributed by atoms with Gasteiger partial charge in [0.25, 0.3) is 0 Å². The number of benzene rings is 1. The summed E-state index contributed by atoms with van der Waals surface area (Å²) in [5.41, 5.74) is 1.84. The summed E-state index contributed by atoms with van der Waals surface area (Å²) in [6.07, 6.45) is 0.264. The average molecular weight is 272 g/mol. The van der Waals surface area contributed by atoms with Crippen LogP contribution in [-0.2, 0) is 13.0 Å². The third-order valence-corrected chi connectivity index (χ3v) is 3.71. The van der Waals surface area contributed by atoms with Gasteiger partial charge in [-0.3, -0.25) is 0 Å². The van der Waals surface area contributed by atoms with Gasteiger partial charge in [0.1, 0.15) is 6.07 Å². The van der Waals surface area contributed by atoms with Gasteiger partial charge in [0.15, 0.2) is 0 Å². The molecule has 0 fully saturated rings. The van der Waals surface area contributed by atoms with Gasteiger partial charge in [-0.25, -0.2) is 0 Å². The van der Waals surface area contributed by atoms with Crippen LogP contribution in [0.1, 0.15) is 16.0 Å². The number of hydrogen-bond acceptors (Lipinski definition) is 4. The lowest BCUT2D eigenvalue weighted by Gasteiger charge is -2.11. The van der Waals surface area contributed by atoms with E-state index in [2.05, 4.69) is 11.4 Å². The van der Waals surface area contributed by atoms with E-state index < -0.39 is 6.10 Å². The number of nitrogens with one attached hydrogen (secondary N) is 1. The van der Waals surface area contributed by atoms with Gasteiger partial charge < -0.3 is 10.4 Å². The molecule has 3 nitrogen and oxygen atoms in total. The van der Waals surface area contributed by atoms with Gasteiger partial charge in [-0.05, 0) is 18.1 Å². The SMILES string of the molecule is N#Cc1csc(CNCC(O)Cc2ccccc2)c1. The second-order valence-corrected chi connectivity index (χ2v) is 5.38. The molecule has 0 aliphatic heterocycles. The van der Waals surface area contributed by atoms with Gasteiger partial charge in [0.2, 0.25) is 0 Å². The first-order valence-electron chi connectivity index (χ1n) is 6.18. The van der Waals surface area contributed by atoms with Crippen molar-refractivity contribution in [1.29, 1.82) is 5.26 Å². The summed E-state index contributed by atoms with van der Waals surface area (Å²) in [5, 5.41) is 23.7. The first-order chi connectivity index (χ1) is 9.28. The Kier molecular flexibility index (Phi) is 5.10. The van der Waals surface area contributed by atoms with Gasteiger partial charge in [-0.15, -0.1) is 11.3 Å². The molecule has 1 unspecified atom stereocenters. The first kappa shape index (κ1) is 13.8. The van der Waals surface area contributed by atoms with E-state index in [1.54, 1.807) is 11.3 Å². The molecule has 2 rings (SSSR count). The van der Waals surface area contributed by atoms with Crippen molar-refractivity contribution in [2.24, 2.45) is 0 Å². The Labute approximate surface area is 117 Å². The van der Waals surface area contributed by atoms with E-state index >= 15 is 0 Å². The van der Waals surface area contributed by atoms with Crippen molar-refractivity contribution >= 4 is 11.3 Å². The van der Waals surface area contributed by atoms with Gasteiger partial charge >= 0.3 is 0 Å². The molecular formula is C15H16N2OS. The Bertz CT molecular complexity index is 545. The van der Waals surface area contributed by atoms with Crippen molar-refractivity contribution in [2.45, 2.75) is 19.1 Å². The maximum atomic E-state index is 9.92. The van der Waals surface area contributed by atoms with E-state index in [0.717, 1.165) is 10.4 Å². The van der Waals surface area contributed by atoms with E-state index in [4.69, 9.17) is 5.26 Å². The van der Waals surface area contributed by atoms with Crippen LogP contribution in [-0.4, -0.2) is 17.8 Å². The van der Waals surface area contributed by atoms with Crippen LogP contribution >= 0.6 is 11.3 Å². The van der Waals surface area contributed by atoms with Crippen LogP contribution in [0.15, 0.2) is 41.8 Å². The molecule has 19 heavy (non-hydrogen) atoms. The fraction of sp³-hybridized carbons (Fsp3) is 0.267. The molecule has 2 N–H and O–H groups in total. The molecule has 98 valence electrons. The number of hydrogen-bond donors (Lipinski definition) is 2. The third-order valence-electron chi connectivity index (χ3n) is 2.78. The van der Waals surface area contributed by atoms with E-state index in [0.29, 0.717) is 25.1 Å². The predicted molar refractivity (Wildman–Crippen MR) is 76.9 cm³/mol. The second kappa shape index (κ2) is 7.05. The molecule has 0 bridgehead atoms. The summed E-state index contributed by atoms with van der Waals surface area (Å²) in [6, 6.07) is 13.9. The van der Waals surface area contributed by atoms with Crippen molar-refractivity contribution in [2.75, 3.05) is 6.54 Å². The maximum Gasteiger partial charge on any atom is 0.100 e. The Hall–Kier alpha value is -1.67. The monoisotopic (exact) mass is 272 g/mol. The third kappa shape index (κ3) is 4.49. The molecule has 4 heteroatoms. The fourth-order valence-corrected chi connectivity index (χ4v) is 2.63. The van der Waals surface area contributed by atoms with Crippen LogP contribution in [0.2, 0.25) is 0 Å². The van der Waals surface area contributed by atoms with E-state index in [-0.39, 0.29) is 0 Å². The van der Waals surface area contributed by atoms with Crippen LogP contribution in [0.3, 0.4) is 0 Å². The molecule has 0 radical (unpaired) electrons. The van der Waals surface area contributed by atoms with Crippen molar-refractivity contribution in [3.63, 3.8) is 0 Å². The molecule has 2 aromatic rings. The minimum Gasteiger partial charge on any atom is -0.391 e. The minimum absolute atomic E-state index is 0.391. The molecule has 0 spiro atoms. The Morgan fingerprint density at radius 2 is 2.11 bits per heavy atom. The lowest BCUT2D eigenvalue weighted by atomic mass is 10.1. The summed E-state index contributed by atoms with van der Waals surface area (Å²) < 4.78 is 0. The van der Waals surface area contributed by atoms with Crippen molar-refractivity contribution in [3.8, 4) is 6.07 Å². The van der Waals surface area contributed by atoms with Gasteiger partial charge in [-0.1, -0.05) is 30.3 Å². The summed E-state index contributed by atoms with van der Waals surface area (Å²) in [5.74, 6) is 0. The normalized spacial score (nSPS) is 12.0. The number of nitriles is 1. The van der Waals surface area contributed by atoms with Crippen LogP contribution in [0.5, 0.6) is 0 Å². The van der Waals surface area contributed by atoms with Crippen LogP contribution in [0.4, 0.5) is 0 Å². The highest BCUT2D eigenvalue weighted by Crippen LogP contribution is 2.13. The predicted octanol–water partition coefficient (Wildman–Crippen LogP) is 2.31. The standard InChI is InChI=1S/C15H16N2OS/c16-8-13-7-15(19-11-13)10-17-9-14(18)6-12-4-2-1-3-5-12/h1-5,7,11,14,17-18H,6,9-10H2. The number of thiophene rings is 1. The van der Waals surface area contributed by atoms with Gasteiger partial charge in [0, 0.05) is 23.3 Å². The number of aliphatic hydroxyl groups is 1. The van der Waals surface area contributed by atoms with Crippen LogP contribution in [0, 0.1) is 11.3 Å². The lowest BCUT2D eigenvalue weighted by Crippen LogP contribution is -2.27. The molecule has 0 aliphatic rings. The topological polar surface area (TPSA) is 56.0 Å². The van der Waals surface area contributed by atoms with Gasteiger partial charge in [-0.2, -0.15) is 5.26 Å². The van der Waals surface area contributed by atoms with Gasteiger partial charge in [0.05, 0.1) is 11.7 Å². The number of nitrogens with zero attached hydrogens (tertiary/aromatic N) is 1. The average Bonchev–Trinajstić information content (AvgIpc) is 2.88. The molecule has 0 saturated carbocycles. The molecule has 0 amide bonds. The highest BCUT2D eigenvalue weighted by molar-refractivity contribution is 7.10. The van der Waals surface area contributed by atoms with E-state index in [9.17, 15) is 5.11 Å². The Morgan fingerprint density at radius 3 is 2.79 bits per heavy atom. The molecule has 1 aromatic carbocycles. The zero-order chi connectivity index (χ0) is 13.5. The fourth-order valence-electron chi connectivity index (χ4n) is 1.85. The largest absolute Gasteiger partial charge is 0.391 e. The van der Waals surface area contributed by atoms with Crippen molar-refractivity contribution < 1.29 is 5.11 Å². The number of rotatable bonds is 6. The molecule has 1 heterocycles. The molecule has 0 aliphatic carbocycles. The van der Waals surface area contributed by atoms with Crippen molar-refractivity contribution in [3.05, 3.63) is 57.8 Å². The summed E-state index contributed by atoms with van der Waals surface area (Å²) in [4.78, 5) is 1.11. The summed E-state index contributed by atoms with van der Waals surface area (Å²) in [6.45, 7) is 1.24. The maximum absolute atomic E-state index is 9.92. The van der Waals surface area contributed by atoms with Crippen LogP contribution < -0.4 is 5.32 Å². The zero-order valence-corrected chi connectivity index (χ0v) is 11.4. The van der Waals surface area contributed by atoms with E-state index in [1.807, 2.05) is 41.8 Å². The summed E-state index contributed by atoms with van der Waals surface area (Å²) in [7, 11) is 0. The Balaban J connectivity index is 1.72. The highest BCUT2D eigenvalue weighted by Gasteiger charge is 2.05. The quantitative estimate of drug-likeness (QED) is 0.848. The number of aliphatic hydroxyl groups excluding tert-OH is 1.